The van der Waals surface area contributed by atoms with Crippen LogP contribution in [-0.4, -0.2) is 53.7 Å². The summed E-state index contributed by atoms with van der Waals surface area (Å²) in [6, 6.07) is 5.78. The van der Waals surface area contributed by atoms with Crippen LogP contribution in [0, 0.1) is 11.8 Å². The lowest BCUT2D eigenvalue weighted by Crippen LogP contribution is -2.60. The Morgan fingerprint density at radius 1 is 1.00 bits per heavy atom. The minimum Gasteiger partial charge on any atom is -0.463 e. The van der Waals surface area contributed by atoms with Gasteiger partial charge in [-0.3, -0.25) is 24.1 Å². The van der Waals surface area contributed by atoms with Crippen molar-refractivity contribution in [2.45, 2.75) is 46.1 Å². The molecule has 1 aromatic rings. The van der Waals surface area contributed by atoms with Crippen LogP contribution in [0.1, 0.15) is 48.4 Å². The van der Waals surface area contributed by atoms with Gasteiger partial charge in [0.1, 0.15) is 12.6 Å². The maximum atomic E-state index is 12.9. The molecule has 1 aromatic carbocycles. The molecule has 0 spiro atoms. The number of rotatable bonds is 4. The fourth-order valence-corrected chi connectivity index (χ4v) is 3.76. The van der Waals surface area contributed by atoms with Gasteiger partial charge in [-0.25, -0.2) is 0 Å². The van der Waals surface area contributed by atoms with Crippen molar-refractivity contribution in [1.82, 2.24) is 4.90 Å². The highest BCUT2D eigenvalue weighted by Crippen LogP contribution is 2.38. The first-order chi connectivity index (χ1) is 13.2. The summed E-state index contributed by atoms with van der Waals surface area (Å²) in [6.07, 6.45) is -1.68. The summed E-state index contributed by atoms with van der Waals surface area (Å²) < 4.78 is 16.3. The molecule has 2 aliphatic rings. The van der Waals surface area contributed by atoms with E-state index in [4.69, 9.17) is 14.2 Å². The summed E-state index contributed by atoms with van der Waals surface area (Å²) in [5.74, 6) is -2.36. The molecule has 28 heavy (non-hydrogen) atoms. The smallest absolute Gasteiger partial charge is 0.305 e. The van der Waals surface area contributed by atoms with Crippen LogP contribution in [-0.2, 0) is 23.8 Å². The van der Waals surface area contributed by atoms with E-state index in [1.165, 1.54) is 13.8 Å². The standard InChI is InChI=1S/C20H23NO7/c1-10-11(2)17(20(27-13(4)23)28-16(10)9-26-12(3)22)21-18(24)14-7-5-6-8-15(14)19(21)25/h5-8,10-11,16-17,20H,9H2,1-4H3. The quantitative estimate of drug-likeness (QED) is 0.572. The van der Waals surface area contributed by atoms with Crippen molar-refractivity contribution in [2.24, 2.45) is 11.8 Å². The number of ether oxygens (including phenoxy) is 3. The highest BCUT2D eigenvalue weighted by molar-refractivity contribution is 6.21. The molecule has 8 nitrogen and oxygen atoms in total. The average Bonchev–Trinajstić information content (AvgIpc) is 2.88. The van der Waals surface area contributed by atoms with Crippen molar-refractivity contribution in [1.29, 1.82) is 0 Å². The van der Waals surface area contributed by atoms with Crippen molar-refractivity contribution in [3.63, 3.8) is 0 Å². The Hall–Kier alpha value is -2.74. The van der Waals surface area contributed by atoms with E-state index in [0.29, 0.717) is 11.1 Å². The van der Waals surface area contributed by atoms with E-state index in [0.717, 1.165) is 4.90 Å². The second-order valence-electron chi connectivity index (χ2n) is 7.19. The van der Waals surface area contributed by atoms with Crippen molar-refractivity contribution in [3.05, 3.63) is 35.4 Å². The average molecular weight is 389 g/mol. The van der Waals surface area contributed by atoms with Gasteiger partial charge in [0.15, 0.2) is 0 Å². The molecule has 2 aliphatic heterocycles. The van der Waals surface area contributed by atoms with Crippen LogP contribution in [0.15, 0.2) is 24.3 Å². The molecule has 2 heterocycles. The summed E-state index contributed by atoms with van der Waals surface area (Å²) in [7, 11) is 0. The first kappa shape index (κ1) is 20.0. The lowest BCUT2D eigenvalue weighted by molar-refractivity contribution is -0.246. The number of esters is 2. The molecule has 0 aliphatic carbocycles. The molecule has 1 fully saturated rings. The molecule has 3 rings (SSSR count). The molecule has 5 unspecified atom stereocenters. The molecule has 0 aromatic heterocycles. The lowest BCUT2D eigenvalue weighted by atomic mass is 9.81. The summed E-state index contributed by atoms with van der Waals surface area (Å²) in [4.78, 5) is 49.8. The Balaban J connectivity index is 1.92. The Morgan fingerprint density at radius 3 is 2.07 bits per heavy atom. The number of benzene rings is 1. The molecule has 5 atom stereocenters. The van der Waals surface area contributed by atoms with Crippen LogP contribution in [0.25, 0.3) is 0 Å². The van der Waals surface area contributed by atoms with Gasteiger partial charge in [-0.1, -0.05) is 26.0 Å². The van der Waals surface area contributed by atoms with Gasteiger partial charge in [0.2, 0.25) is 6.29 Å². The highest BCUT2D eigenvalue weighted by Gasteiger charge is 2.52. The monoisotopic (exact) mass is 389 g/mol. The summed E-state index contributed by atoms with van der Waals surface area (Å²) in [6.45, 7) is 6.26. The minimum absolute atomic E-state index is 0.00650. The van der Waals surface area contributed by atoms with Gasteiger partial charge >= 0.3 is 11.9 Å². The molecule has 0 bridgehead atoms. The molecule has 0 N–H and O–H groups in total. The predicted octanol–water partition coefficient (Wildman–Crippen LogP) is 1.77. The Kier molecular flexibility index (Phi) is 5.51. The third-order valence-corrected chi connectivity index (χ3v) is 5.40. The molecule has 8 heteroatoms. The number of nitrogens with zero attached hydrogens (tertiary/aromatic N) is 1. The number of amides is 2. The first-order valence-electron chi connectivity index (χ1n) is 9.15. The zero-order valence-corrected chi connectivity index (χ0v) is 16.2. The fraction of sp³-hybridized carbons (Fsp3) is 0.500. The Labute approximate surface area is 162 Å². The minimum atomic E-state index is -1.15. The normalized spacial score (nSPS) is 29.4. The maximum Gasteiger partial charge on any atom is 0.305 e. The maximum absolute atomic E-state index is 12.9. The third kappa shape index (κ3) is 3.52. The second kappa shape index (κ2) is 7.71. The molecule has 150 valence electrons. The predicted molar refractivity (Wildman–Crippen MR) is 96.1 cm³/mol. The molecule has 2 amide bonds. The van der Waals surface area contributed by atoms with E-state index in [1.807, 2.05) is 13.8 Å². The van der Waals surface area contributed by atoms with Crippen LogP contribution in [0.4, 0.5) is 0 Å². The van der Waals surface area contributed by atoms with Gasteiger partial charge < -0.3 is 14.2 Å². The summed E-state index contributed by atoms with van der Waals surface area (Å²) >= 11 is 0. The van der Waals surface area contributed by atoms with Crippen LogP contribution in [0.5, 0.6) is 0 Å². The van der Waals surface area contributed by atoms with Crippen LogP contribution in [0.3, 0.4) is 0 Å². The van der Waals surface area contributed by atoms with E-state index in [-0.39, 0.29) is 18.4 Å². The van der Waals surface area contributed by atoms with E-state index in [9.17, 15) is 19.2 Å². The SMILES string of the molecule is CC(=O)OCC1OC(OC(C)=O)C(N2C(=O)c3ccccc3C2=O)C(C)C1C. The van der Waals surface area contributed by atoms with Gasteiger partial charge in [-0.15, -0.1) is 0 Å². The number of hydrogen-bond donors (Lipinski definition) is 0. The van der Waals surface area contributed by atoms with E-state index in [1.54, 1.807) is 24.3 Å². The number of fused-ring (bicyclic) bond motifs is 1. The first-order valence-corrected chi connectivity index (χ1v) is 9.15. The van der Waals surface area contributed by atoms with Crippen LogP contribution < -0.4 is 0 Å². The number of carbonyl (C=O) groups excluding carboxylic acids is 4. The molecule has 1 saturated heterocycles. The zero-order chi connectivity index (χ0) is 20.6. The number of hydrogen-bond acceptors (Lipinski definition) is 7. The largest absolute Gasteiger partial charge is 0.463 e. The summed E-state index contributed by atoms with van der Waals surface area (Å²) in [5.41, 5.74) is 0.631. The van der Waals surface area contributed by atoms with Crippen molar-refractivity contribution in [2.75, 3.05) is 6.61 Å². The second-order valence-corrected chi connectivity index (χ2v) is 7.19. The van der Waals surface area contributed by atoms with Gasteiger partial charge in [-0.05, 0) is 24.0 Å². The third-order valence-electron chi connectivity index (χ3n) is 5.40. The van der Waals surface area contributed by atoms with Gasteiger partial charge in [0, 0.05) is 13.8 Å². The topological polar surface area (TPSA) is 99.2 Å². The van der Waals surface area contributed by atoms with Crippen molar-refractivity contribution >= 4 is 23.8 Å². The Bertz CT molecular complexity index is 786. The molecule has 0 saturated carbocycles. The molecular weight excluding hydrogens is 366 g/mol. The van der Waals surface area contributed by atoms with E-state index < -0.39 is 42.2 Å². The zero-order valence-electron chi connectivity index (χ0n) is 16.2. The van der Waals surface area contributed by atoms with E-state index in [2.05, 4.69) is 0 Å². The van der Waals surface area contributed by atoms with Crippen LogP contribution >= 0.6 is 0 Å². The number of imide groups is 1. The van der Waals surface area contributed by atoms with Gasteiger partial charge in [0.25, 0.3) is 11.8 Å². The van der Waals surface area contributed by atoms with Crippen molar-refractivity contribution in [3.8, 4) is 0 Å². The van der Waals surface area contributed by atoms with E-state index >= 15 is 0 Å². The highest BCUT2D eigenvalue weighted by atomic mass is 16.7. The lowest BCUT2D eigenvalue weighted by Gasteiger charge is -2.46. The van der Waals surface area contributed by atoms with Crippen molar-refractivity contribution < 1.29 is 33.4 Å². The van der Waals surface area contributed by atoms with Gasteiger partial charge in [-0.2, -0.15) is 0 Å². The molecular formula is C20H23NO7. The van der Waals surface area contributed by atoms with Crippen LogP contribution in [0.2, 0.25) is 0 Å². The molecule has 0 radical (unpaired) electrons. The van der Waals surface area contributed by atoms with Gasteiger partial charge in [0.05, 0.1) is 17.2 Å². The summed E-state index contributed by atoms with van der Waals surface area (Å²) in [5, 5.41) is 0. The Morgan fingerprint density at radius 2 is 1.57 bits per heavy atom. The number of carbonyl (C=O) groups is 4. The fourth-order valence-electron chi connectivity index (χ4n) is 3.76.